The van der Waals surface area contributed by atoms with E-state index < -0.39 is 17.8 Å². The molecule has 0 fully saturated rings. The first kappa shape index (κ1) is 18.7. The average molecular weight is 420 g/mol. The number of halogens is 1. The number of thiazole rings is 1. The minimum absolute atomic E-state index is 0.0104. The van der Waals surface area contributed by atoms with E-state index in [1.165, 1.54) is 28.4 Å². The van der Waals surface area contributed by atoms with Crippen molar-refractivity contribution in [3.63, 3.8) is 0 Å². The maximum atomic E-state index is 13.6. The molecule has 7 heteroatoms. The average Bonchev–Trinajstić information content (AvgIpc) is 3.20. The molecule has 0 radical (unpaired) electrons. The van der Waals surface area contributed by atoms with Crippen molar-refractivity contribution in [2.75, 3.05) is 4.90 Å². The van der Waals surface area contributed by atoms with Crippen molar-refractivity contribution in [3.05, 3.63) is 91.5 Å². The summed E-state index contributed by atoms with van der Waals surface area (Å²) in [7, 11) is 0. The molecule has 1 aliphatic heterocycles. The van der Waals surface area contributed by atoms with Gasteiger partial charge in [0.1, 0.15) is 11.4 Å². The minimum atomic E-state index is -0.737. The number of aryl methyl sites for hydroxylation is 3. The van der Waals surface area contributed by atoms with Crippen LogP contribution in [0.1, 0.15) is 43.9 Å². The third-order valence-electron chi connectivity index (χ3n) is 5.43. The molecular formula is C23H17FN2O3S. The van der Waals surface area contributed by atoms with E-state index >= 15 is 0 Å². The van der Waals surface area contributed by atoms with Crippen LogP contribution in [0.25, 0.3) is 11.0 Å². The number of amides is 1. The summed E-state index contributed by atoms with van der Waals surface area (Å²) in [5, 5.41) is 0.900. The molecular weight excluding hydrogens is 403 g/mol. The van der Waals surface area contributed by atoms with Crippen LogP contribution >= 0.6 is 11.3 Å². The molecule has 5 nitrogen and oxygen atoms in total. The molecule has 150 valence electrons. The van der Waals surface area contributed by atoms with E-state index in [4.69, 9.17) is 4.42 Å². The summed E-state index contributed by atoms with van der Waals surface area (Å²) in [6.45, 7) is 5.69. The molecule has 0 saturated carbocycles. The van der Waals surface area contributed by atoms with E-state index in [1.54, 1.807) is 24.3 Å². The van der Waals surface area contributed by atoms with Gasteiger partial charge in [0.25, 0.3) is 5.91 Å². The van der Waals surface area contributed by atoms with Crippen LogP contribution in [0.5, 0.6) is 0 Å². The van der Waals surface area contributed by atoms with Crippen LogP contribution in [0.4, 0.5) is 9.52 Å². The number of aromatic nitrogens is 1. The number of nitrogens with zero attached hydrogens (tertiary/aromatic N) is 2. The van der Waals surface area contributed by atoms with Crippen LogP contribution in [0.3, 0.4) is 0 Å². The molecule has 2 aromatic heterocycles. The molecule has 2 aromatic carbocycles. The van der Waals surface area contributed by atoms with Crippen molar-refractivity contribution < 1.29 is 13.6 Å². The monoisotopic (exact) mass is 420 g/mol. The van der Waals surface area contributed by atoms with Crippen LogP contribution in [0, 0.1) is 26.6 Å². The van der Waals surface area contributed by atoms with Crippen molar-refractivity contribution in [3.8, 4) is 0 Å². The lowest BCUT2D eigenvalue weighted by Crippen LogP contribution is -2.29. The topological polar surface area (TPSA) is 63.4 Å². The standard InChI is InChI=1S/C23H17FN2O3S/c1-11-4-9-17-16(10-11)20(27)18-19(14-5-7-15(24)8-6-14)26(22(28)21(18)29-17)23-25-12(2)13(3)30-23/h4-10,19H,1-3H3/t19-/m1/s1. The summed E-state index contributed by atoms with van der Waals surface area (Å²) in [4.78, 5) is 33.9. The Morgan fingerprint density at radius 2 is 1.80 bits per heavy atom. The first-order valence-corrected chi connectivity index (χ1v) is 10.3. The molecule has 0 unspecified atom stereocenters. The van der Waals surface area contributed by atoms with Gasteiger partial charge < -0.3 is 4.42 Å². The second kappa shape index (κ2) is 6.60. The van der Waals surface area contributed by atoms with Crippen LogP contribution in [-0.2, 0) is 0 Å². The molecule has 0 aliphatic carbocycles. The third-order valence-corrected chi connectivity index (χ3v) is 6.51. The summed E-state index contributed by atoms with van der Waals surface area (Å²) >= 11 is 1.38. The SMILES string of the molecule is Cc1ccc2oc3c(c(=O)c2c1)[C@@H](c1ccc(F)cc1)N(c1nc(C)c(C)s1)C3=O. The number of fused-ring (bicyclic) bond motifs is 2. The van der Waals surface area contributed by atoms with Gasteiger partial charge in [-0.2, -0.15) is 0 Å². The molecule has 0 saturated heterocycles. The fraction of sp³-hybridized carbons (Fsp3) is 0.174. The predicted molar refractivity (Wildman–Crippen MR) is 114 cm³/mol. The molecule has 4 aromatic rings. The molecule has 0 bridgehead atoms. The van der Waals surface area contributed by atoms with Gasteiger partial charge in [0.2, 0.25) is 5.76 Å². The highest BCUT2D eigenvalue weighted by Crippen LogP contribution is 2.42. The molecule has 1 amide bonds. The number of rotatable bonds is 2. The lowest BCUT2D eigenvalue weighted by molar-refractivity contribution is 0.0971. The van der Waals surface area contributed by atoms with Gasteiger partial charge in [-0.25, -0.2) is 9.37 Å². The van der Waals surface area contributed by atoms with Gasteiger partial charge in [0.15, 0.2) is 10.6 Å². The zero-order valence-corrected chi connectivity index (χ0v) is 17.3. The lowest BCUT2D eigenvalue weighted by atomic mass is 9.98. The number of benzene rings is 2. The van der Waals surface area contributed by atoms with Gasteiger partial charge >= 0.3 is 0 Å². The number of carbonyl (C=O) groups is 1. The van der Waals surface area contributed by atoms with Gasteiger partial charge in [0.05, 0.1) is 22.7 Å². The van der Waals surface area contributed by atoms with Crippen molar-refractivity contribution in [2.24, 2.45) is 0 Å². The van der Waals surface area contributed by atoms with E-state index in [2.05, 4.69) is 4.98 Å². The Morgan fingerprint density at radius 3 is 2.47 bits per heavy atom. The van der Waals surface area contributed by atoms with Gasteiger partial charge in [0, 0.05) is 4.88 Å². The Kier molecular flexibility index (Phi) is 4.11. The number of hydrogen-bond acceptors (Lipinski definition) is 5. The Bertz CT molecular complexity index is 1370. The minimum Gasteiger partial charge on any atom is -0.450 e. The van der Waals surface area contributed by atoms with Gasteiger partial charge in [-0.05, 0) is 50.6 Å². The molecule has 30 heavy (non-hydrogen) atoms. The van der Waals surface area contributed by atoms with E-state index in [1.807, 2.05) is 26.8 Å². The Labute approximate surface area is 175 Å². The van der Waals surface area contributed by atoms with Crippen molar-refractivity contribution in [1.29, 1.82) is 0 Å². The molecule has 3 heterocycles. The summed E-state index contributed by atoms with van der Waals surface area (Å²) in [6.07, 6.45) is 0. The van der Waals surface area contributed by atoms with Crippen molar-refractivity contribution in [2.45, 2.75) is 26.8 Å². The highest BCUT2D eigenvalue weighted by atomic mass is 32.1. The summed E-state index contributed by atoms with van der Waals surface area (Å²) in [5.74, 6) is -0.805. The fourth-order valence-electron chi connectivity index (χ4n) is 3.80. The Morgan fingerprint density at radius 1 is 1.07 bits per heavy atom. The van der Waals surface area contributed by atoms with Crippen molar-refractivity contribution >= 4 is 33.3 Å². The fourth-order valence-corrected chi connectivity index (χ4v) is 4.74. The van der Waals surface area contributed by atoms with Gasteiger partial charge in [-0.15, -0.1) is 11.3 Å². The zero-order valence-electron chi connectivity index (χ0n) is 16.5. The lowest BCUT2D eigenvalue weighted by Gasteiger charge is -2.22. The summed E-state index contributed by atoms with van der Waals surface area (Å²) in [6, 6.07) is 10.4. The first-order chi connectivity index (χ1) is 14.3. The van der Waals surface area contributed by atoms with Gasteiger partial charge in [-0.3, -0.25) is 14.5 Å². The van der Waals surface area contributed by atoms with Crippen LogP contribution < -0.4 is 10.3 Å². The third kappa shape index (κ3) is 2.69. The Hall–Kier alpha value is -3.32. The molecule has 5 rings (SSSR count). The second-order valence-corrected chi connectivity index (χ2v) is 8.62. The first-order valence-electron chi connectivity index (χ1n) is 9.45. The molecule has 1 aliphatic rings. The van der Waals surface area contributed by atoms with Crippen LogP contribution in [-0.4, -0.2) is 10.9 Å². The highest BCUT2D eigenvalue weighted by Gasteiger charge is 2.45. The second-order valence-electron chi connectivity index (χ2n) is 7.44. The number of carbonyl (C=O) groups excluding carboxylic acids is 1. The number of hydrogen-bond donors (Lipinski definition) is 0. The Balaban J connectivity index is 1.82. The van der Waals surface area contributed by atoms with E-state index in [0.717, 1.165) is 16.1 Å². The normalized spacial score (nSPS) is 15.8. The van der Waals surface area contributed by atoms with Gasteiger partial charge in [-0.1, -0.05) is 23.8 Å². The quantitative estimate of drug-likeness (QED) is 0.455. The largest absolute Gasteiger partial charge is 0.450 e. The maximum Gasteiger partial charge on any atom is 0.297 e. The van der Waals surface area contributed by atoms with E-state index in [-0.39, 0.29) is 16.8 Å². The van der Waals surface area contributed by atoms with E-state index in [9.17, 15) is 14.0 Å². The van der Waals surface area contributed by atoms with Crippen LogP contribution in [0.15, 0.2) is 51.7 Å². The summed E-state index contributed by atoms with van der Waals surface area (Å²) in [5.41, 5.74) is 2.72. The highest BCUT2D eigenvalue weighted by molar-refractivity contribution is 7.15. The smallest absolute Gasteiger partial charge is 0.297 e. The molecule has 1 atom stereocenters. The number of anilines is 1. The van der Waals surface area contributed by atoms with E-state index in [0.29, 0.717) is 21.7 Å². The molecule has 0 N–H and O–H groups in total. The van der Waals surface area contributed by atoms with Crippen LogP contribution in [0.2, 0.25) is 0 Å². The summed E-state index contributed by atoms with van der Waals surface area (Å²) < 4.78 is 19.5. The maximum absolute atomic E-state index is 13.6. The molecule has 0 spiro atoms. The zero-order chi connectivity index (χ0) is 21.2. The predicted octanol–water partition coefficient (Wildman–Crippen LogP) is 5.06. The van der Waals surface area contributed by atoms with Crippen molar-refractivity contribution in [1.82, 2.24) is 4.98 Å².